The van der Waals surface area contributed by atoms with Crippen LogP contribution in [0.4, 0.5) is 5.69 Å². The van der Waals surface area contributed by atoms with Gasteiger partial charge in [0.05, 0.1) is 18.8 Å². The number of para-hydroxylation sites is 2. The molecule has 0 N–H and O–H groups in total. The van der Waals surface area contributed by atoms with Crippen molar-refractivity contribution < 1.29 is 9.53 Å². The zero-order valence-electron chi connectivity index (χ0n) is 15.5. The van der Waals surface area contributed by atoms with Gasteiger partial charge in [-0.15, -0.1) is 0 Å². The number of carbonyl (C=O) groups is 1. The summed E-state index contributed by atoms with van der Waals surface area (Å²) in [4.78, 5) is 19.3. The fraction of sp³-hybridized carbons (Fsp3) is 0.650. The molecule has 0 atom stereocenters. The second-order valence-corrected chi connectivity index (χ2v) is 6.96. The molecule has 1 aromatic carbocycles. The van der Waals surface area contributed by atoms with E-state index in [0.717, 1.165) is 57.9 Å². The number of piperazine rings is 1. The molecule has 1 amide bonds. The summed E-state index contributed by atoms with van der Waals surface area (Å²) in [5.74, 6) is 1.27. The lowest BCUT2D eigenvalue weighted by molar-refractivity contribution is -0.132. The molecular weight excluding hydrogens is 314 g/mol. The predicted octanol–water partition coefficient (Wildman–Crippen LogP) is 2.61. The van der Waals surface area contributed by atoms with Crippen molar-refractivity contribution in [3.05, 3.63) is 24.3 Å². The number of anilines is 1. The maximum Gasteiger partial charge on any atom is 0.236 e. The molecule has 2 aliphatic rings. The van der Waals surface area contributed by atoms with Crippen LogP contribution in [-0.2, 0) is 4.79 Å². The number of rotatable bonds is 5. The fourth-order valence-corrected chi connectivity index (χ4v) is 3.75. The third-order valence-electron chi connectivity index (χ3n) is 5.20. The third-order valence-corrected chi connectivity index (χ3v) is 5.20. The Morgan fingerprint density at radius 1 is 0.960 bits per heavy atom. The lowest BCUT2D eigenvalue weighted by Gasteiger charge is -2.37. The summed E-state index contributed by atoms with van der Waals surface area (Å²) in [5, 5.41) is 0. The van der Waals surface area contributed by atoms with E-state index < -0.39 is 0 Å². The zero-order valence-corrected chi connectivity index (χ0v) is 15.5. The van der Waals surface area contributed by atoms with Crippen molar-refractivity contribution in [1.82, 2.24) is 9.80 Å². The average Bonchev–Trinajstić information content (AvgIpc) is 2.93. The number of ether oxygens (including phenoxy) is 1. The minimum absolute atomic E-state index is 0.310. The average molecular weight is 345 g/mol. The van der Waals surface area contributed by atoms with E-state index >= 15 is 0 Å². The van der Waals surface area contributed by atoms with Gasteiger partial charge in [-0.05, 0) is 31.9 Å². The molecule has 5 heteroatoms. The largest absolute Gasteiger partial charge is 0.492 e. The summed E-state index contributed by atoms with van der Waals surface area (Å²) in [6.07, 6.45) is 4.85. The standard InChI is InChI=1S/C20H31N3O2/c1-2-25-19-10-6-5-9-18(19)22-15-13-21(14-16-22)17-20(24)23-11-7-3-4-8-12-23/h5-6,9-10H,2-4,7-8,11-17H2,1H3. The Morgan fingerprint density at radius 3 is 2.32 bits per heavy atom. The van der Waals surface area contributed by atoms with Crippen LogP contribution in [0.25, 0.3) is 0 Å². The first kappa shape index (κ1) is 18.1. The highest BCUT2D eigenvalue weighted by molar-refractivity contribution is 5.78. The lowest BCUT2D eigenvalue weighted by Crippen LogP contribution is -2.50. The number of benzene rings is 1. The first-order valence-corrected chi connectivity index (χ1v) is 9.75. The van der Waals surface area contributed by atoms with E-state index in [-0.39, 0.29) is 0 Å². The molecule has 138 valence electrons. The molecule has 0 aromatic heterocycles. The Labute approximate surface area is 151 Å². The van der Waals surface area contributed by atoms with E-state index in [0.29, 0.717) is 19.1 Å². The third kappa shape index (κ3) is 4.88. The van der Waals surface area contributed by atoms with Crippen LogP contribution in [0.5, 0.6) is 5.75 Å². The molecule has 3 rings (SSSR count). The van der Waals surface area contributed by atoms with Gasteiger partial charge in [-0.25, -0.2) is 0 Å². The van der Waals surface area contributed by atoms with Crippen LogP contribution in [0.15, 0.2) is 24.3 Å². The van der Waals surface area contributed by atoms with Crippen molar-refractivity contribution >= 4 is 11.6 Å². The van der Waals surface area contributed by atoms with Gasteiger partial charge in [0.15, 0.2) is 0 Å². The molecule has 0 unspecified atom stereocenters. The van der Waals surface area contributed by atoms with Crippen LogP contribution in [-0.4, -0.2) is 68.1 Å². The summed E-state index contributed by atoms with van der Waals surface area (Å²) in [6.45, 7) is 8.90. The zero-order chi connectivity index (χ0) is 17.5. The van der Waals surface area contributed by atoms with Crippen molar-refractivity contribution in [2.75, 3.05) is 57.3 Å². The minimum Gasteiger partial charge on any atom is -0.492 e. The molecule has 2 saturated heterocycles. The number of likely N-dealkylation sites (tertiary alicyclic amines) is 1. The van der Waals surface area contributed by atoms with Crippen LogP contribution in [0, 0.1) is 0 Å². The summed E-state index contributed by atoms with van der Waals surface area (Å²) >= 11 is 0. The molecule has 1 aromatic rings. The summed E-state index contributed by atoms with van der Waals surface area (Å²) in [7, 11) is 0. The van der Waals surface area contributed by atoms with Crippen LogP contribution < -0.4 is 9.64 Å². The second-order valence-electron chi connectivity index (χ2n) is 6.96. The molecule has 0 aliphatic carbocycles. The molecule has 0 radical (unpaired) electrons. The maximum absolute atomic E-state index is 12.6. The van der Waals surface area contributed by atoms with E-state index in [4.69, 9.17) is 4.74 Å². The molecular formula is C20H31N3O2. The molecule has 25 heavy (non-hydrogen) atoms. The van der Waals surface area contributed by atoms with Gasteiger partial charge >= 0.3 is 0 Å². The molecule has 5 nitrogen and oxygen atoms in total. The first-order chi connectivity index (χ1) is 12.3. The normalized spacial score (nSPS) is 19.6. The van der Waals surface area contributed by atoms with E-state index in [9.17, 15) is 4.79 Å². The van der Waals surface area contributed by atoms with Crippen LogP contribution in [0.3, 0.4) is 0 Å². The monoisotopic (exact) mass is 345 g/mol. The molecule has 0 bridgehead atoms. The van der Waals surface area contributed by atoms with Crippen LogP contribution in [0.1, 0.15) is 32.6 Å². The van der Waals surface area contributed by atoms with Gasteiger partial charge in [-0.2, -0.15) is 0 Å². The highest BCUT2D eigenvalue weighted by Crippen LogP contribution is 2.28. The maximum atomic E-state index is 12.6. The van der Waals surface area contributed by atoms with Gasteiger partial charge in [0.25, 0.3) is 0 Å². The highest BCUT2D eigenvalue weighted by atomic mass is 16.5. The first-order valence-electron chi connectivity index (χ1n) is 9.75. The summed E-state index contributed by atoms with van der Waals surface area (Å²) in [5.41, 5.74) is 1.17. The van der Waals surface area contributed by atoms with Gasteiger partial charge in [-0.1, -0.05) is 25.0 Å². The van der Waals surface area contributed by atoms with Crippen molar-refractivity contribution in [1.29, 1.82) is 0 Å². The molecule has 2 fully saturated rings. The second kappa shape index (κ2) is 9.09. The predicted molar refractivity (Wildman–Crippen MR) is 101 cm³/mol. The van der Waals surface area contributed by atoms with Crippen molar-refractivity contribution in [3.8, 4) is 5.75 Å². The van der Waals surface area contributed by atoms with Gasteiger partial charge < -0.3 is 14.5 Å². The minimum atomic E-state index is 0.310. The van der Waals surface area contributed by atoms with Crippen LogP contribution in [0.2, 0.25) is 0 Å². The Hall–Kier alpha value is -1.75. The number of hydrogen-bond acceptors (Lipinski definition) is 4. The fourth-order valence-electron chi connectivity index (χ4n) is 3.75. The number of carbonyl (C=O) groups excluding carboxylic acids is 1. The van der Waals surface area contributed by atoms with Gasteiger partial charge in [0.1, 0.15) is 5.75 Å². The van der Waals surface area contributed by atoms with E-state index in [1.165, 1.54) is 18.5 Å². The highest BCUT2D eigenvalue weighted by Gasteiger charge is 2.23. The molecule has 2 aliphatic heterocycles. The van der Waals surface area contributed by atoms with Crippen molar-refractivity contribution in [3.63, 3.8) is 0 Å². The molecule has 2 heterocycles. The Morgan fingerprint density at radius 2 is 1.64 bits per heavy atom. The van der Waals surface area contributed by atoms with E-state index in [2.05, 4.69) is 26.8 Å². The molecule has 0 saturated carbocycles. The summed E-state index contributed by atoms with van der Waals surface area (Å²) < 4.78 is 5.76. The smallest absolute Gasteiger partial charge is 0.236 e. The Bertz CT molecular complexity index is 548. The summed E-state index contributed by atoms with van der Waals surface area (Å²) in [6, 6.07) is 8.24. The topological polar surface area (TPSA) is 36.0 Å². The lowest BCUT2D eigenvalue weighted by atomic mass is 10.2. The van der Waals surface area contributed by atoms with Gasteiger partial charge in [0.2, 0.25) is 5.91 Å². The van der Waals surface area contributed by atoms with Crippen molar-refractivity contribution in [2.24, 2.45) is 0 Å². The Kier molecular flexibility index (Phi) is 6.56. The van der Waals surface area contributed by atoms with Crippen LogP contribution >= 0.6 is 0 Å². The van der Waals surface area contributed by atoms with E-state index in [1.807, 2.05) is 19.1 Å². The number of amides is 1. The van der Waals surface area contributed by atoms with E-state index in [1.54, 1.807) is 0 Å². The molecule has 0 spiro atoms. The van der Waals surface area contributed by atoms with Crippen molar-refractivity contribution in [2.45, 2.75) is 32.6 Å². The number of nitrogens with zero attached hydrogens (tertiary/aromatic N) is 3. The number of hydrogen-bond donors (Lipinski definition) is 0. The quantitative estimate of drug-likeness (QED) is 0.822. The van der Waals surface area contributed by atoms with Gasteiger partial charge in [-0.3, -0.25) is 9.69 Å². The Balaban J connectivity index is 1.51. The van der Waals surface area contributed by atoms with Gasteiger partial charge in [0, 0.05) is 39.3 Å². The SMILES string of the molecule is CCOc1ccccc1N1CCN(CC(=O)N2CCCCCC2)CC1.